The summed E-state index contributed by atoms with van der Waals surface area (Å²) in [6.45, 7) is 2.31. The number of esters is 2. The number of nitrogens with zero attached hydrogens (tertiary/aromatic N) is 1. The average Bonchev–Trinajstić information content (AvgIpc) is 3.32. The third kappa shape index (κ3) is 2.83. The fourth-order valence-electron chi connectivity index (χ4n) is 10.2. The van der Waals surface area contributed by atoms with Gasteiger partial charge in [0, 0.05) is 31.0 Å². The monoisotopic (exact) mass is 507 g/mol. The molecule has 5 bridgehead atoms. The van der Waals surface area contributed by atoms with Crippen molar-refractivity contribution < 1.29 is 28.9 Å². The molecule has 3 saturated heterocycles. The lowest BCUT2D eigenvalue weighted by molar-refractivity contribution is -0.164. The molecule has 3 aliphatic heterocycles. The molecule has 3 heterocycles. The summed E-state index contributed by atoms with van der Waals surface area (Å²) in [5.41, 5.74) is 0.185. The summed E-state index contributed by atoms with van der Waals surface area (Å²) in [4.78, 5) is 29.9. The van der Waals surface area contributed by atoms with E-state index in [0.29, 0.717) is 29.6 Å². The van der Waals surface area contributed by atoms with Crippen molar-refractivity contribution in [2.45, 2.75) is 87.3 Å². The van der Waals surface area contributed by atoms with E-state index < -0.39 is 29.2 Å². The van der Waals surface area contributed by atoms with Gasteiger partial charge in [0.1, 0.15) is 6.10 Å². The Labute approximate surface area is 218 Å². The van der Waals surface area contributed by atoms with Crippen LogP contribution in [0.25, 0.3) is 0 Å². The van der Waals surface area contributed by atoms with Crippen molar-refractivity contribution in [2.75, 3.05) is 14.2 Å². The minimum Gasteiger partial charge on any atom is -0.466 e. The summed E-state index contributed by atoms with van der Waals surface area (Å²) in [6.07, 6.45) is 5.60. The number of ether oxygens (including phenoxy) is 3. The van der Waals surface area contributed by atoms with Crippen LogP contribution in [-0.4, -0.2) is 71.6 Å². The van der Waals surface area contributed by atoms with Gasteiger partial charge >= 0.3 is 11.9 Å². The van der Waals surface area contributed by atoms with Gasteiger partial charge in [-0.15, -0.1) is 0 Å². The molecule has 0 amide bonds. The van der Waals surface area contributed by atoms with Crippen molar-refractivity contribution in [3.05, 3.63) is 47.0 Å². The first-order valence-corrected chi connectivity index (χ1v) is 14.0. The molecule has 1 unspecified atom stereocenters. The van der Waals surface area contributed by atoms with Crippen LogP contribution < -0.4 is 0 Å². The molecule has 7 heteroatoms. The van der Waals surface area contributed by atoms with Gasteiger partial charge in [-0.25, -0.2) is 9.59 Å². The number of benzene rings is 1. The molecule has 5 fully saturated rings. The Balaban J connectivity index is 1.48. The molecule has 11 atom stereocenters. The van der Waals surface area contributed by atoms with E-state index in [1.165, 1.54) is 7.11 Å². The third-order valence-corrected chi connectivity index (χ3v) is 11.1. The number of carbonyl (C=O) groups excluding carboxylic acids is 2. The van der Waals surface area contributed by atoms with Gasteiger partial charge in [0.2, 0.25) is 0 Å². The molecular weight excluding hydrogens is 470 g/mol. The van der Waals surface area contributed by atoms with E-state index >= 15 is 0 Å². The van der Waals surface area contributed by atoms with Gasteiger partial charge < -0.3 is 19.3 Å². The SMILES string of the molecule is COC(=O)C1=C2[C@@]3([C@H]4C[C@H]5[C@H](CC[C@H](C)N53)[C@]2(O)C4)[C@@H]2CCC[C@H](OC)[C@H]2[C@@H]1OC(=O)c1ccccc1. The van der Waals surface area contributed by atoms with E-state index in [1.54, 1.807) is 31.4 Å². The van der Waals surface area contributed by atoms with Gasteiger partial charge in [0.05, 0.1) is 35.5 Å². The molecule has 1 N–H and O–H groups in total. The van der Waals surface area contributed by atoms with E-state index in [4.69, 9.17) is 14.2 Å². The van der Waals surface area contributed by atoms with Crippen LogP contribution in [-0.2, 0) is 19.0 Å². The predicted molar refractivity (Wildman–Crippen MR) is 135 cm³/mol. The fourth-order valence-corrected chi connectivity index (χ4v) is 10.2. The van der Waals surface area contributed by atoms with Gasteiger partial charge in [0.25, 0.3) is 0 Å². The molecule has 1 spiro atoms. The van der Waals surface area contributed by atoms with Crippen LogP contribution in [0.5, 0.6) is 0 Å². The van der Waals surface area contributed by atoms with Crippen molar-refractivity contribution in [3.8, 4) is 0 Å². The highest BCUT2D eigenvalue weighted by Crippen LogP contribution is 2.75. The highest BCUT2D eigenvalue weighted by Gasteiger charge is 2.81. The van der Waals surface area contributed by atoms with Crippen molar-refractivity contribution in [1.82, 2.24) is 4.90 Å². The molecule has 1 aromatic carbocycles. The first-order valence-electron chi connectivity index (χ1n) is 14.0. The topological polar surface area (TPSA) is 85.3 Å². The lowest BCUT2D eigenvalue weighted by Crippen LogP contribution is -2.73. The summed E-state index contributed by atoms with van der Waals surface area (Å²) in [6, 6.07) is 9.64. The molecule has 7 rings (SSSR count). The molecule has 7 nitrogen and oxygen atoms in total. The number of fused-ring (bicyclic) bond motifs is 2. The van der Waals surface area contributed by atoms with Gasteiger partial charge in [-0.2, -0.15) is 0 Å². The molecular formula is C30H37NO6. The first kappa shape index (κ1) is 23.9. The molecule has 37 heavy (non-hydrogen) atoms. The van der Waals surface area contributed by atoms with Crippen LogP contribution >= 0.6 is 0 Å². The highest BCUT2D eigenvalue weighted by atomic mass is 16.6. The quantitative estimate of drug-likeness (QED) is 0.625. The molecule has 6 aliphatic rings. The van der Waals surface area contributed by atoms with Crippen LogP contribution in [0, 0.1) is 23.7 Å². The largest absolute Gasteiger partial charge is 0.466 e. The Kier molecular flexibility index (Phi) is 5.25. The Morgan fingerprint density at radius 2 is 1.81 bits per heavy atom. The third-order valence-electron chi connectivity index (χ3n) is 11.1. The summed E-state index contributed by atoms with van der Waals surface area (Å²) in [7, 11) is 3.11. The van der Waals surface area contributed by atoms with Gasteiger partial charge in [-0.3, -0.25) is 4.90 Å². The minimum absolute atomic E-state index is 0.0917. The van der Waals surface area contributed by atoms with Gasteiger partial charge in [0.15, 0.2) is 0 Å². The normalized spacial score (nSPS) is 46.9. The van der Waals surface area contributed by atoms with Crippen LogP contribution in [0.2, 0.25) is 0 Å². The second-order valence-corrected chi connectivity index (χ2v) is 12.3. The van der Waals surface area contributed by atoms with E-state index in [0.717, 1.165) is 44.1 Å². The number of hydrogen-bond acceptors (Lipinski definition) is 7. The Hall–Kier alpha value is -2.22. The number of methoxy groups -OCH3 is 2. The second kappa shape index (κ2) is 8.14. The summed E-state index contributed by atoms with van der Waals surface area (Å²) < 4.78 is 17.8. The smallest absolute Gasteiger partial charge is 0.338 e. The van der Waals surface area contributed by atoms with Crippen molar-refractivity contribution >= 4 is 11.9 Å². The zero-order chi connectivity index (χ0) is 25.7. The number of carbonyl (C=O) groups is 2. The van der Waals surface area contributed by atoms with Gasteiger partial charge in [-0.1, -0.05) is 24.6 Å². The molecule has 0 aromatic heterocycles. The van der Waals surface area contributed by atoms with Crippen LogP contribution in [0.4, 0.5) is 0 Å². The summed E-state index contributed by atoms with van der Waals surface area (Å²) in [5, 5.41) is 12.5. The molecule has 198 valence electrons. The van der Waals surface area contributed by atoms with E-state index in [9.17, 15) is 14.7 Å². The Morgan fingerprint density at radius 3 is 2.54 bits per heavy atom. The van der Waals surface area contributed by atoms with Crippen molar-refractivity contribution in [3.63, 3.8) is 0 Å². The maximum atomic E-state index is 13.8. The first-order chi connectivity index (χ1) is 17.9. The maximum absolute atomic E-state index is 13.8. The van der Waals surface area contributed by atoms with Crippen LogP contribution in [0.15, 0.2) is 41.5 Å². The van der Waals surface area contributed by atoms with Crippen molar-refractivity contribution in [2.24, 2.45) is 23.7 Å². The average molecular weight is 508 g/mol. The Bertz CT molecular complexity index is 1170. The van der Waals surface area contributed by atoms with E-state index in [1.807, 2.05) is 6.07 Å². The van der Waals surface area contributed by atoms with Gasteiger partial charge in [-0.05, 0) is 75.0 Å². The minimum atomic E-state index is -1.06. The lowest BCUT2D eigenvalue weighted by Gasteiger charge is -2.65. The zero-order valence-electron chi connectivity index (χ0n) is 21.9. The van der Waals surface area contributed by atoms with Crippen molar-refractivity contribution in [1.29, 1.82) is 0 Å². The number of aliphatic hydroxyl groups is 1. The molecule has 2 saturated carbocycles. The number of piperidine rings is 2. The van der Waals surface area contributed by atoms with Crippen LogP contribution in [0.1, 0.15) is 62.2 Å². The number of rotatable bonds is 4. The molecule has 0 radical (unpaired) electrons. The fraction of sp³-hybridized carbons (Fsp3) is 0.667. The predicted octanol–water partition coefficient (Wildman–Crippen LogP) is 3.50. The summed E-state index contributed by atoms with van der Waals surface area (Å²) >= 11 is 0. The van der Waals surface area contributed by atoms with E-state index in [-0.39, 0.29) is 29.8 Å². The summed E-state index contributed by atoms with van der Waals surface area (Å²) in [5.74, 6) is -0.629. The highest BCUT2D eigenvalue weighted by molar-refractivity contribution is 5.95. The zero-order valence-corrected chi connectivity index (χ0v) is 21.9. The lowest BCUT2D eigenvalue weighted by atomic mass is 9.53. The molecule has 1 aromatic rings. The molecule has 3 aliphatic carbocycles. The van der Waals surface area contributed by atoms with Crippen LogP contribution in [0.3, 0.4) is 0 Å². The number of hydrogen-bond donors (Lipinski definition) is 1. The second-order valence-electron chi connectivity index (χ2n) is 12.3. The van der Waals surface area contributed by atoms with E-state index in [2.05, 4.69) is 11.8 Å². The Morgan fingerprint density at radius 1 is 1.03 bits per heavy atom. The maximum Gasteiger partial charge on any atom is 0.338 e. The standard InChI is InChI=1S/C30H37NO6/c1-16-12-13-19-21-14-18-15-29(19,34)26-24(28(33)36-3)25(37-27(32)17-8-5-4-6-9-17)23-20(30(18,26)31(16)21)10-7-11-22(23)35-2/h4-6,8-9,16,18-23,25,34H,7,10-15H2,1-3H3/t16-,18-,19-,20+,21-,22-,23-,25-,29+,30+/m0/s1.